The van der Waals surface area contributed by atoms with Crippen molar-refractivity contribution in [2.75, 3.05) is 32.7 Å². The Hall–Kier alpha value is -1.06. The molecule has 18 heavy (non-hydrogen) atoms. The first-order chi connectivity index (χ1) is 8.65. The van der Waals surface area contributed by atoms with Crippen molar-refractivity contribution in [1.82, 2.24) is 4.90 Å². The van der Waals surface area contributed by atoms with Crippen LogP contribution in [0, 0.1) is 6.92 Å². The van der Waals surface area contributed by atoms with Gasteiger partial charge in [0.2, 0.25) is 5.91 Å². The van der Waals surface area contributed by atoms with Gasteiger partial charge in [0.15, 0.2) is 0 Å². The third-order valence-electron chi connectivity index (χ3n) is 2.82. The molecule has 0 fully saturated rings. The number of rotatable bonds is 7. The van der Waals surface area contributed by atoms with Crippen molar-refractivity contribution < 1.29 is 9.53 Å². The summed E-state index contributed by atoms with van der Waals surface area (Å²) in [5.41, 5.74) is 2.23. The molecule has 0 bridgehead atoms. The highest BCUT2D eigenvalue weighted by molar-refractivity contribution is 6.17. The van der Waals surface area contributed by atoms with E-state index in [1.165, 1.54) is 0 Å². The van der Waals surface area contributed by atoms with Gasteiger partial charge in [-0.1, -0.05) is 24.3 Å². The van der Waals surface area contributed by atoms with Gasteiger partial charge in [0.05, 0.1) is 19.6 Å². The molecule has 0 atom stereocenters. The van der Waals surface area contributed by atoms with Gasteiger partial charge in [-0.15, -0.1) is 11.6 Å². The molecule has 0 heterocycles. The number of nitrogens with zero attached hydrogens (tertiary/aromatic N) is 1. The van der Waals surface area contributed by atoms with Gasteiger partial charge in [-0.25, -0.2) is 0 Å². The van der Waals surface area contributed by atoms with Crippen molar-refractivity contribution in [3.05, 3.63) is 35.4 Å². The standard InChI is InChI=1S/C14H20ClNO2/c1-12-5-3-4-6-13(12)11-14(17)16(2)8-10-18-9-7-15/h3-6H,7-11H2,1-2H3. The van der Waals surface area contributed by atoms with Gasteiger partial charge in [0, 0.05) is 19.5 Å². The molecular formula is C14H20ClNO2. The molecule has 1 aromatic carbocycles. The fraction of sp³-hybridized carbons (Fsp3) is 0.500. The normalized spacial score (nSPS) is 10.4. The Balaban J connectivity index is 2.38. The molecule has 0 aliphatic carbocycles. The zero-order valence-corrected chi connectivity index (χ0v) is 11.7. The summed E-state index contributed by atoms with van der Waals surface area (Å²) >= 11 is 5.50. The monoisotopic (exact) mass is 269 g/mol. The summed E-state index contributed by atoms with van der Waals surface area (Å²) in [4.78, 5) is 13.7. The summed E-state index contributed by atoms with van der Waals surface area (Å²) in [7, 11) is 1.80. The molecule has 1 amide bonds. The van der Waals surface area contributed by atoms with Crippen LogP contribution in [-0.4, -0.2) is 43.5 Å². The Kier molecular flexibility index (Phi) is 6.76. The lowest BCUT2D eigenvalue weighted by Crippen LogP contribution is -2.31. The maximum absolute atomic E-state index is 12.0. The van der Waals surface area contributed by atoms with E-state index in [1.54, 1.807) is 11.9 Å². The summed E-state index contributed by atoms with van der Waals surface area (Å²) in [5.74, 6) is 0.597. The average Bonchev–Trinajstić information content (AvgIpc) is 2.37. The van der Waals surface area contributed by atoms with Gasteiger partial charge in [-0.3, -0.25) is 4.79 Å². The number of ether oxygens (including phenoxy) is 1. The van der Waals surface area contributed by atoms with Gasteiger partial charge in [-0.2, -0.15) is 0 Å². The van der Waals surface area contributed by atoms with Crippen LogP contribution < -0.4 is 0 Å². The minimum absolute atomic E-state index is 0.110. The van der Waals surface area contributed by atoms with E-state index >= 15 is 0 Å². The Bertz CT molecular complexity index is 382. The Labute approximate surface area is 114 Å². The van der Waals surface area contributed by atoms with Crippen LogP contribution in [0.3, 0.4) is 0 Å². The fourth-order valence-corrected chi connectivity index (χ4v) is 1.70. The predicted octanol–water partition coefficient (Wildman–Crippen LogP) is 2.25. The lowest BCUT2D eigenvalue weighted by molar-refractivity contribution is -0.129. The molecule has 0 saturated heterocycles. The van der Waals surface area contributed by atoms with Crippen molar-refractivity contribution in [2.45, 2.75) is 13.3 Å². The van der Waals surface area contributed by atoms with Crippen LogP contribution >= 0.6 is 11.6 Å². The van der Waals surface area contributed by atoms with Crippen LogP contribution in [0.15, 0.2) is 24.3 Å². The number of hydrogen-bond acceptors (Lipinski definition) is 2. The zero-order valence-electron chi connectivity index (χ0n) is 11.0. The molecule has 0 radical (unpaired) electrons. The fourth-order valence-electron chi connectivity index (χ4n) is 1.59. The average molecular weight is 270 g/mol. The molecule has 0 unspecified atom stereocenters. The largest absolute Gasteiger partial charge is 0.378 e. The van der Waals surface area contributed by atoms with Crippen molar-refractivity contribution in [1.29, 1.82) is 0 Å². The van der Waals surface area contributed by atoms with Crippen LogP contribution in [0.2, 0.25) is 0 Å². The van der Waals surface area contributed by atoms with Gasteiger partial charge in [0.25, 0.3) is 0 Å². The van der Waals surface area contributed by atoms with Crippen LogP contribution in [0.5, 0.6) is 0 Å². The van der Waals surface area contributed by atoms with E-state index in [1.807, 2.05) is 31.2 Å². The number of aryl methyl sites for hydroxylation is 1. The molecule has 0 N–H and O–H groups in total. The number of amides is 1. The summed E-state index contributed by atoms with van der Waals surface area (Å²) in [6, 6.07) is 7.95. The van der Waals surface area contributed by atoms with Crippen molar-refractivity contribution in [3.8, 4) is 0 Å². The second-order valence-corrected chi connectivity index (χ2v) is 4.60. The summed E-state index contributed by atoms with van der Waals surface area (Å²) in [6.45, 7) is 3.68. The molecule has 0 saturated carbocycles. The second-order valence-electron chi connectivity index (χ2n) is 4.22. The van der Waals surface area contributed by atoms with Gasteiger partial charge >= 0.3 is 0 Å². The molecule has 0 aliphatic heterocycles. The van der Waals surface area contributed by atoms with E-state index < -0.39 is 0 Å². The highest BCUT2D eigenvalue weighted by atomic mass is 35.5. The predicted molar refractivity (Wildman–Crippen MR) is 74.1 cm³/mol. The van der Waals surface area contributed by atoms with E-state index in [0.717, 1.165) is 11.1 Å². The third-order valence-corrected chi connectivity index (χ3v) is 2.98. The first kappa shape index (κ1) is 15.0. The molecule has 0 spiro atoms. The van der Waals surface area contributed by atoms with Crippen molar-refractivity contribution in [3.63, 3.8) is 0 Å². The molecular weight excluding hydrogens is 250 g/mol. The van der Waals surface area contributed by atoms with E-state index in [9.17, 15) is 4.79 Å². The second kappa shape index (κ2) is 8.11. The third kappa shape index (κ3) is 5.07. The SMILES string of the molecule is Cc1ccccc1CC(=O)N(C)CCOCCCl. The summed E-state index contributed by atoms with van der Waals surface area (Å²) in [5, 5.41) is 0. The van der Waals surface area contributed by atoms with Gasteiger partial charge in [-0.05, 0) is 18.1 Å². The highest BCUT2D eigenvalue weighted by Crippen LogP contribution is 2.08. The molecule has 4 heteroatoms. The van der Waals surface area contributed by atoms with Crippen LogP contribution in [0.1, 0.15) is 11.1 Å². The number of halogens is 1. The van der Waals surface area contributed by atoms with Crippen LogP contribution in [0.4, 0.5) is 0 Å². The number of benzene rings is 1. The van der Waals surface area contributed by atoms with Gasteiger partial charge in [0.1, 0.15) is 0 Å². The minimum atomic E-state index is 0.110. The number of alkyl halides is 1. The summed E-state index contributed by atoms with van der Waals surface area (Å²) < 4.78 is 5.25. The molecule has 3 nitrogen and oxygen atoms in total. The van der Waals surface area contributed by atoms with Crippen molar-refractivity contribution in [2.24, 2.45) is 0 Å². The Morgan fingerprint density at radius 2 is 2.06 bits per heavy atom. The summed E-state index contributed by atoms with van der Waals surface area (Å²) in [6.07, 6.45) is 0.443. The van der Waals surface area contributed by atoms with Crippen LogP contribution in [0.25, 0.3) is 0 Å². The maximum Gasteiger partial charge on any atom is 0.226 e. The van der Waals surface area contributed by atoms with Crippen molar-refractivity contribution >= 4 is 17.5 Å². The lowest BCUT2D eigenvalue weighted by Gasteiger charge is -2.17. The first-order valence-corrected chi connectivity index (χ1v) is 6.60. The smallest absolute Gasteiger partial charge is 0.226 e. The van der Waals surface area contributed by atoms with E-state index in [4.69, 9.17) is 16.3 Å². The number of likely N-dealkylation sites (N-methyl/N-ethyl adjacent to an activating group) is 1. The van der Waals surface area contributed by atoms with Gasteiger partial charge < -0.3 is 9.64 Å². The van der Waals surface area contributed by atoms with E-state index in [2.05, 4.69) is 0 Å². The molecule has 100 valence electrons. The quantitative estimate of drug-likeness (QED) is 0.561. The Morgan fingerprint density at radius 1 is 1.33 bits per heavy atom. The number of hydrogen-bond donors (Lipinski definition) is 0. The zero-order chi connectivity index (χ0) is 13.4. The number of carbonyl (C=O) groups is 1. The van der Waals surface area contributed by atoms with E-state index in [0.29, 0.717) is 32.1 Å². The highest BCUT2D eigenvalue weighted by Gasteiger charge is 2.10. The maximum atomic E-state index is 12.0. The molecule has 1 aromatic rings. The van der Waals surface area contributed by atoms with E-state index in [-0.39, 0.29) is 5.91 Å². The molecule has 1 rings (SSSR count). The topological polar surface area (TPSA) is 29.5 Å². The van der Waals surface area contributed by atoms with Crippen LogP contribution in [-0.2, 0) is 16.0 Å². The Morgan fingerprint density at radius 3 is 2.72 bits per heavy atom. The first-order valence-electron chi connectivity index (χ1n) is 6.07. The minimum Gasteiger partial charge on any atom is -0.378 e. The lowest BCUT2D eigenvalue weighted by atomic mass is 10.1. The number of carbonyl (C=O) groups excluding carboxylic acids is 1. The molecule has 0 aliphatic rings. The molecule has 0 aromatic heterocycles.